The van der Waals surface area contributed by atoms with Crippen molar-refractivity contribution in [3.05, 3.63) is 70.9 Å². The fourth-order valence-electron chi connectivity index (χ4n) is 2.56. The first-order valence-electron chi connectivity index (χ1n) is 8.59. The van der Waals surface area contributed by atoms with Gasteiger partial charge in [-0.1, -0.05) is 30.3 Å². The van der Waals surface area contributed by atoms with Crippen LogP contribution >= 0.6 is 11.3 Å². The Bertz CT molecular complexity index is 843. The lowest BCUT2D eigenvalue weighted by molar-refractivity contribution is 0.184. The molecule has 3 aromatic rings. The number of hydrogen-bond donors (Lipinski definition) is 3. The van der Waals surface area contributed by atoms with Crippen molar-refractivity contribution in [1.29, 1.82) is 0 Å². The maximum Gasteiger partial charge on any atom is 0.191 e. The van der Waals surface area contributed by atoms with Gasteiger partial charge in [-0.15, -0.1) is 11.3 Å². The van der Waals surface area contributed by atoms with E-state index >= 15 is 0 Å². The van der Waals surface area contributed by atoms with E-state index in [9.17, 15) is 9.50 Å². The Hall–Kier alpha value is -2.44. The van der Waals surface area contributed by atoms with Gasteiger partial charge in [-0.3, -0.25) is 0 Å². The smallest absolute Gasteiger partial charge is 0.191 e. The van der Waals surface area contributed by atoms with Crippen molar-refractivity contribution in [2.24, 2.45) is 4.99 Å². The van der Waals surface area contributed by atoms with Crippen LogP contribution in [0.15, 0.2) is 59.6 Å². The van der Waals surface area contributed by atoms with E-state index in [4.69, 9.17) is 0 Å². The summed E-state index contributed by atoms with van der Waals surface area (Å²) in [5.74, 6) is 0.367. The molecule has 0 amide bonds. The highest BCUT2D eigenvalue weighted by Crippen LogP contribution is 2.29. The topological polar surface area (TPSA) is 56.7 Å². The third kappa shape index (κ3) is 4.80. The van der Waals surface area contributed by atoms with Crippen LogP contribution < -0.4 is 10.6 Å². The minimum atomic E-state index is -0.609. The zero-order valence-corrected chi connectivity index (χ0v) is 15.4. The monoisotopic (exact) mass is 371 g/mol. The Morgan fingerprint density at radius 2 is 1.92 bits per heavy atom. The fraction of sp³-hybridized carbons (Fsp3) is 0.250. The van der Waals surface area contributed by atoms with Crippen LogP contribution in [-0.2, 0) is 6.54 Å². The number of thiophene rings is 1. The molecule has 0 saturated carbocycles. The summed E-state index contributed by atoms with van der Waals surface area (Å²) in [6.45, 7) is 3.50. The molecule has 1 unspecified atom stereocenters. The van der Waals surface area contributed by atoms with Crippen molar-refractivity contribution in [3.8, 4) is 0 Å². The van der Waals surface area contributed by atoms with Crippen LogP contribution in [0.2, 0.25) is 0 Å². The van der Waals surface area contributed by atoms with Crippen molar-refractivity contribution in [3.63, 3.8) is 0 Å². The van der Waals surface area contributed by atoms with E-state index in [1.54, 1.807) is 23.5 Å². The molecular formula is C20H22FN3OS. The standard InChI is InChI=1S/C20H22FN3OS/c1-2-22-20(23-12-14-7-9-16(21)10-8-14)24-13-17(25)19-11-15-5-3-4-6-18(15)26-19/h3-11,17,25H,2,12-13H2,1H3,(H2,22,23,24). The highest BCUT2D eigenvalue weighted by molar-refractivity contribution is 7.19. The van der Waals surface area contributed by atoms with Gasteiger partial charge >= 0.3 is 0 Å². The molecule has 1 aromatic heterocycles. The molecule has 3 rings (SSSR count). The van der Waals surface area contributed by atoms with E-state index in [0.717, 1.165) is 15.8 Å². The summed E-state index contributed by atoms with van der Waals surface area (Å²) in [6, 6.07) is 16.4. The van der Waals surface area contributed by atoms with Gasteiger partial charge in [0.1, 0.15) is 11.9 Å². The van der Waals surface area contributed by atoms with Gasteiger partial charge in [0.15, 0.2) is 5.96 Å². The van der Waals surface area contributed by atoms with Crippen molar-refractivity contribution >= 4 is 27.4 Å². The van der Waals surface area contributed by atoms with Gasteiger partial charge in [0, 0.05) is 22.7 Å². The molecule has 1 heterocycles. The zero-order chi connectivity index (χ0) is 18.4. The van der Waals surface area contributed by atoms with Crippen LogP contribution in [0.4, 0.5) is 4.39 Å². The van der Waals surface area contributed by atoms with Crippen LogP contribution in [0.25, 0.3) is 10.1 Å². The summed E-state index contributed by atoms with van der Waals surface area (Å²) in [5.41, 5.74) is 0.925. The molecule has 0 fully saturated rings. The van der Waals surface area contributed by atoms with Crippen LogP contribution in [0.1, 0.15) is 23.5 Å². The van der Waals surface area contributed by atoms with E-state index in [1.165, 1.54) is 16.8 Å². The average Bonchev–Trinajstić information content (AvgIpc) is 3.09. The number of nitrogens with one attached hydrogen (secondary N) is 2. The van der Waals surface area contributed by atoms with Crippen LogP contribution in [0.3, 0.4) is 0 Å². The number of halogens is 1. The number of guanidine groups is 1. The van der Waals surface area contributed by atoms with Gasteiger partial charge in [0.2, 0.25) is 0 Å². The molecule has 0 saturated heterocycles. The second kappa shape index (κ2) is 8.78. The zero-order valence-electron chi connectivity index (χ0n) is 14.6. The fourth-order valence-corrected chi connectivity index (χ4v) is 3.61. The summed E-state index contributed by atoms with van der Waals surface area (Å²) >= 11 is 1.60. The molecule has 3 N–H and O–H groups in total. The van der Waals surface area contributed by atoms with Gasteiger partial charge in [-0.05, 0) is 42.1 Å². The normalized spacial score (nSPS) is 13.0. The van der Waals surface area contributed by atoms with E-state index < -0.39 is 6.10 Å². The van der Waals surface area contributed by atoms with Gasteiger partial charge in [0.05, 0.1) is 6.54 Å². The molecule has 0 aliphatic rings. The maximum absolute atomic E-state index is 13.0. The lowest BCUT2D eigenvalue weighted by atomic mass is 10.2. The summed E-state index contributed by atoms with van der Waals surface area (Å²) in [7, 11) is 0. The Morgan fingerprint density at radius 3 is 2.65 bits per heavy atom. The van der Waals surface area contributed by atoms with Crippen molar-refractivity contribution in [2.45, 2.75) is 19.6 Å². The number of aliphatic hydroxyl groups excluding tert-OH is 1. The minimum absolute atomic E-state index is 0.255. The van der Waals surface area contributed by atoms with Crippen molar-refractivity contribution < 1.29 is 9.50 Å². The number of fused-ring (bicyclic) bond motifs is 1. The van der Waals surface area contributed by atoms with E-state index in [0.29, 0.717) is 25.6 Å². The van der Waals surface area contributed by atoms with Crippen LogP contribution in [-0.4, -0.2) is 24.2 Å². The highest BCUT2D eigenvalue weighted by atomic mass is 32.1. The molecule has 2 aromatic carbocycles. The largest absolute Gasteiger partial charge is 0.386 e. The molecule has 1 atom stereocenters. The van der Waals surface area contributed by atoms with Gasteiger partial charge in [-0.25, -0.2) is 9.38 Å². The summed E-state index contributed by atoms with van der Waals surface area (Å²) in [6.07, 6.45) is -0.609. The number of benzene rings is 2. The lowest BCUT2D eigenvalue weighted by Gasteiger charge is -2.14. The Kier molecular flexibility index (Phi) is 6.20. The van der Waals surface area contributed by atoms with Gasteiger partial charge in [0.25, 0.3) is 0 Å². The van der Waals surface area contributed by atoms with E-state index in [2.05, 4.69) is 21.7 Å². The molecule has 0 radical (unpaired) electrons. The summed E-state index contributed by atoms with van der Waals surface area (Å²) in [5, 5.41) is 17.9. The quantitative estimate of drug-likeness (QED) is 0.456. The second-order valence-corrected chi connectivity index (χ2v) is 7.02. The van der Waals surface area contributed by atoms with Crippen molar-refractivity contribution in [1.82, 2.24) is 10.6 Å². The molecule has 4 nitrogen and oxygen atoms in total. The third-order valence-electron chi connectivity index (χ3n) is 3.91. The molecule has 0 bridgehead atoms. The highest BCUT2D eigenvalue weighted by Gasteiger charge is 2.12. The SMILES string of the molecule is CCNC(=NCc1ccc(F)cc1)NCC(O)c1cc2ccccc2s1. The number of aliphatic imine (C=N–C) groups is 1. The number of aliphatic hydroxyl groups is 1. The first-order valence-corrected chi connectivity index (χ1v) is 9.40. The molecular weight excluding hydrogens is 349 g/mol. The molecule has 6 heteroatoms. The molecule has 26 heavy (non-hydrogen) atoms. The Morgan fingerprint density at radius 1 is 1.15 bits per heavy atom. The summed E-state index contributed by atoms with van der Waals surface area (Å²) in [4.78, 5) is 5.41. The maximum atomic E-state index is 13.0. The van der Waals surface area contributed by atoms with Crippen molar-refractivity contribution in [2.75, 3.05) is 13.1 Å². The summed E-state index contributed by atoms with van der Waals surface area (Å²) < 4.78 is 14.1. The van der Waals surface area contributed by atoms with E-state index in [1.807, 2.05) is 31.2 Å². The Labute approximate surface area is 156 Å². The number of rotatable bonds is 6. The molecule has 0 spiro atoms. The number of nitrogens with zero attached hydrogens (tertiary/aromatic N) is 1. The number of hydrogen-bond acceptors (Lipinski definition) is 3. The lowest BCUT2D eigenvalue weighted by Crippen LogP contribution is -2.39. The molecule has 136 valence electrons. The van der Waals surface area contributed by atoms with Crippen LogP contribution in [0.5, 0.6) is 0 Å². The molecule has 0 aliphatic heterocycles. The Balaban J connectivity index is 1.61. The van der Waals surface area contributed by atoms with Gasteiger partial charge in [-0.2, -0.15) is 0 Å². The third-order valence-corrected chi connectivity index (χ3v) is 5.13. The first-order chi connectivity index (χ1) is 12.7. The van der Waals surface area contributed by atoms with Crippen LogP contribution in [0, 0.1) is 5.82 Å². The molecule has 0 aliphatic carbocycles. The van der Waals surface area contributed by atoms with E-state index in [-0.39, 0.29) is 5.82 Å². The first kappa shape index (κ1) is 18.4. The predicted molar refractivity (Wildman–Crippen MR) is 106 cm³/mol. The minimum Gasteiger partial charge on any atom is -0.386 e. The average molecular weight is 371 g/mol. The predicted octanol–water partition coefficient (Wildman–Crippen LogP) is 3.83. The van der Waals surface area contributed by atoms with Gasteiger partial charge < -0.3 is 15.7 Å². The second-order valence-electron chi connectivity index (χ2n) is 5.90.